The van der Waals surface area contributed by atoms with Crippen LogP contribution in [0.25, 0.3) is 0 Å². The van der Waals surface area contributed by atoms with Gasteiger partial charge in [-0.3, -0.25) is 9.59 Å². The molecule has 2 unspecified atom stereocenters. The van der Waals surface area contributed by atoms with E-state index >= 15 is 0 Å². The molecule has 0 amide bonds. The van der Waals surface area contributed by atoms with Crippen LogP contribution in [0.15, 0.2) is 0 Å². The van der Waals surface area contributed by atoms with Crippen molar-refractivity contribution < 1.29 is 29.6 Å². The van der Waals surface area contributed by atoms with Gasteiger partial charge in [-0.15, -0.1) is 0 Å². The van der Waals surface area contributed by atoms with Crippen molar-refractivity contribution in [3.8, 4) is 0 Å². The van der Waals surface area contributed by atoms with Crippen LogP contribution in [-0.2, 0) is 19.4 Å². The Hall–Kier alpha value is -1.14. The third kappa shape index (κ3) is 9.73. The van der Waals surface area contributed by atoms with E-state index < -0.39 is 23.8 Å². The Morgan fingerprint density at radius 1 is 0.773 bits per heavy atom. The molecule has 1 saturated carbocycles. The number of hydrogen-bond donors (Lipinski definition) is 2. The second kappa shape index (κ2) is 8.48. The summed E-state index contributed by atoms with van der Waals surface area (Å²) in [5, 5.41) is 17.4. The summed E-state index contributed by atoms with van der Waals surface area (Å²) in [6, 6.07) is 0. The van der Waals surface area contributed by atoms with Gasteiger partial charge in [0.1, 0.15) is 0 Å². The van der Waals surface area contributed by atoms with Crippen molar-refractivity contribution in [2.24, 2.45) is 11.8 Å². The normalized spacial score (nSPS) is 22.5. The Morgan fingerprint density at radius 3 is 1.23 bits per heavy atom. The van der Waals surface area contributed by atoms with Crippen LogP contribution in [0.2, 0.25) is 0 Å². The molecular weight excluding hydrogens is 288 g/mol. The van der Waals surface area contributed by atoms with Crippen LogP contribution in [0.4, 0.5) is 0 Å². The van der Waals surface area contributed by atoms with Crippen molar-refractivity contribution in [2.75, 3.05) is 0 Å². The van der Waals surface area contributed by atoms with Gasteiger partial charge in [-0.25, -0.2) is 9.78 Å². The summed E-state index contributed by atoms with van der Waals surface area (Å²) >= 11 is 0. The molecule has 6 heteroatoms. The molecule has 0 spiro atoms. The van der Waals surface area contributed by atoms with Gasteiger partial charge in [-0.05, 0) is 54.4 Å². The van der Waals surface area contributed by atoms with Crippen LogP contribution in [-0.4, -0.2) is 33.4 Å². The van der Waals surface area contributed by atoms with E-state index in [-0.39, 0.29) is 11.2 Å². The summed E-state index contributed by atoms with van der Waals surface area (Å²) in [5.74, 6) is -3.28. The van der Waals surface area contributed by atoms with Gasteiger partial charge in [0.2, 0.25) is 0 Å². The van der Waals surface area contributed by atoms with Gasteiger partial charge in [-0.2, -0.15) is 0 Å². The minimum Gasteiger partial charge on any atom is -0.481 e. The molecule has 0 aliphatic heterocycles. The third-order valence-corrected chi connectivity index (χ3v) is 2.94. The van der Waals surface area contributed by atoms with E-state index in [1.165, 1.54) is 0 Å². The van der Waals surface area contributed by atoms with Crippen molar-refractivity contribution in [3.05, 3.63) is 0 Å². The SMILES string of the molecule is CC(C)(C)OOC(C)(C)C.O=C(O)C1CCCCC1C(=O)O. The minimum atomic E-state index is -0.970. The third-order valence-electron chi connectivity index (χ3n) is 2.94. The maximum atomic E-state index is 10.6. The lowest BCUT2D eigenvalue weighted by molar-refractivity contribution is -0.393. The van der Waals surface area contributed by atoms with Crippen LogP contribution in [0.1, 0.15) is 67.2 Å². The van der Waals surface area contributed by atoms with E-state index in [1.807, 2.05) is 41.5 Å². The monoisotopic (exact) mass is 318 g/mol. The largest absolute Gasteiger partial charge is 0.481 e. The fraction of sp³-hybridized carbons (Fsp3) is 0.875. The zero-order valence-electron chi connectivity index (χ0n) is 14.5. The Morgan fingerprint density at radius 2 is 1.05 bits per heavy atom. The molecule has 6 nitrogen and oxygen atoms in total. The first-order chi connectivity index (χ1) is 9.83. The molecule has 1 aliphatic rings. The fourth-order valence-corrected chi connectivity index (χ4v) is 1.97. The number of carboxylic acid groups (broad SMARTS) is 2. The van der Waals surface area contributed by atoms with E-state index in [1.54, 1.807) is 0 Å². The van der Waals surface area contributed by atoms with E-state index in [4.69, 9.17) is 20.0 Å². The van der Waals surface area contributed by atoms with Gasteiger partial charge in [0.25, 0.3) is 0 Å². The summed E-state index contributed by atoms with van der Waals surface area (Å²) < 4.78 is 0. The first-order valence-electron chi connectivity index (χ1n) is 7.66. The van der Waals surface area contributed by atoms with Crippen LogP contribution in [0.5, 0.6) is 0 Å². The van der Waals surface area contributed by atoms with Crippen molar-refractivity contribution in [1.29, 1.82) is 0 Å². The Kier molecular flexibility index (Phi) is 8.04. The highest BCUT2D eigenvalue weighted by molar-refractivity contribution is 5.80. The van der Waals surface area contributed by atoms with Gasteiger partial charge in [0, 0.05) is 0 Å². The van der Waals surface area contributed by atoms with E-state index in [9.17, 15) is 9.59 Å². The van der Waals surface area contributed by atoms with Crippen molar-refractivity contribution in [2.45, 2.75) is 78.4 Å². The van der Waals surface area contributed by atoms with Crippen molar-refractivity contribution in [1.82, 2.24) is 0 Å². The molecular formula is C16H30O6. The van der Waals surface area contributed by atoms with Crippen molar-refractivity contribution in [3.63, 3.8) is 0 Å². The van der Waals surface area contributed by atoms with Gasteiger partial charge in [0.15, 0.2) is 0 Å². The molecule has 0 radical (unpaired) electrons. The van der Waals surface area contributed by atoms with Crippen molar-refractivity contribution >= 4 is 11.9 Å². The molecule has 0 aromatic rings. The maximum absolute atomic E-state index is 10.6. The quantitative estimate of drug-likeness (QED) is 0.611. The Labute approximate surface area is 132 Å². The number of carbonyl (C=O) groups is 2. The summed E-state index contributed by atoms with van der Waals surface area (Å²) in [4.78, 5) is 31.4. The second-order valence-electron chi connectivity index (χ2n) is 7.57. The highest BCUT2D eigenvalue weighted by atomic mass is 17.2. The highest BCUT2D eigenvalue weighted by Crippen LogP contribution is 2.30. The molecule has 0 aromatic heterocycles. The lowest BCUT2D eigenvalue weighted by Crippen LogP contribution is -2.32. The molecule has 0 saturated heterocycles. The molecule has 1 rings (SSSR count). The average Bonchev–Trinajstić information content (AvgIpc) is 2.35. The van der Waals surface area contributed by atoms with Crippen LogP contribution in [0.3, 0.4) is 0 Å². The van der Waals surface area contributed by atoms with Gasteiger partial charge >= 0.3 is 11.9 Å². The fourth-order valence-electron chi connectivity index (χ4n) is 1.97. The van der Waals surface area contributed by atoms with Gasteiger partial charge < -0.3 is 10.2 Å². The maximum Gasteiger partial charge on any atom is 0.307 e. The smallest absolute Gasteiger partial charge is 0.307 e. The first kappa shape index (κ1) is 20.9. The molecule has 2 atom stereocenters. The van der Waals surface area contributed by atoms with Gasteiger partial charge in [-0.1, -0.05) is 12.8 Å². The zero-order valence-corrected chi connectivity index (χ0v) is 14.5. The summed E-state index contributed by atoms with van der Waals surface area (Å²) in [7, 11) is 0. The number of carboxylic acids is 2. The Balaban J connectivity index is 0.000000409. The minimum absolute atomic E-state index is 0.215. The van der Waals surface area contributed by atoms with Gasteiger partial charge in [0.05, 0.1) is 23.0 Å². The zero-order chi connectivity index (χ0) is 17.6. The van der Waals surface area contributed by atoms with E-state index in [2.05, 4.69) is 0 Å². The molecule has 130 valence electrons. The topological polar surface area (TPSA) is 93.1 Å². The predicted molar refractivity (Wildman–Crippen MR) is 82.4 cm³/mol. The van der Waals surface area contributed by atoms with Crippen LogP contribution < -0.4 is 0 Å². The molecule has 0 heterocycles. The summed E-state index contributed by atoms with van der Waals surface area (Å²) in [6.07, 6.45) is 2.68. The lowest BCUT2D eigenvalue weighted by atomic mass is 9.79. The first-order valence-corrected chi connectivity index (χ1v) is 7.66. The molecule has 1 fully saturated rings. The van der Waals surface area contributed by atoms with Crippen LogP contribution in [0, 0.1) is 11.8 Å². The molecule has 0 aromatic carbocycles. The number of aliphatic carboxylic acids is 2. The molecule has 1 aliphatic carbocycles. The molecule has 0 bridgehead atoms. The van der Waals surface area contributed by atoms with Crippen LogP contribution >= 0.6 is 0 Å². The second-order valence-corrected chi connectivity index (χ2v) is 7.57. The average molecular weight is 318 g/mol. The number of hydrogen-bond acceptors (Lipinski definition) is 4. The van der Waals surface area contributed by atoms with E-state index in [0.29, 0.717) is 12.8 Å². The lowest BCUT2D eigenvalue weighted by Gasteiger charge is -2.24. The van der Waals surface area contributed by atoms with E-state index in [0.717, 1.165) is 12.8 Å². The summed E-state index contributed by atoms with van der Waals surface area (Å²) in [5.41, 5.74) is -0.430. The highest BCUT2D eigenvalue weighted by Gasteiger charge is 2.35. The predicted octanol–water partition coefficient (Wildman–Crippen LogP) is 3.49. The number of rotatable bonds is 3. The molecule has 2 N–H and O–H groups in total. The standard InChI is InChI=1S/C8H12O4.C8H18O2/c9-7(10)5-3-1-2-4-6(5)8(11)12;1-7(2,3)9-10-8(4,5)6/h5-6H,1-4H2,(H,9,10)(H,11,12);1-6H3. The summed E-state index contributed by atoms with van der Waals surface area (Å²) in [6.45, 7) is 11.7. The Bertz CT molecular complexity index is 328. The molecule has 22 heavy (non-hydrogen) atoms.